The van der Waals surface area contributed by atoms with Gasteiger partial charge in [-0.2, -0.15) is 5.10 Å². The Morgan fingerprint density at radius 1 is 1.53 bits per heavy atom. The van der Waals surface area contributed by atoms with Crippen LogP contribution >= 0.6 is 22.5 Å². The van der Waals surface area contributed by atoms with E-state index in [0.717, 1.165) is 15.3 Å². The second-order valence-corrected chi connectivity index (χ2v) is 4.13. The summed E-state index contributed by atoms with van der Waals surface area (Å²) in [6.07, 6.45) is -1.09. The van der Waals surface area contributed by atoms with Gasteiger partial charge in [0.15, 0.2) is 5.65 Å². The van der Waals surface area contributed by atoms with E-state index in [9.17, 15) is 8.78 Å². The van der Waals surface area contributed by atoms with Gasteiger partial charge >= 0.3 is 0 Å². The van der Waals surface area contributed by atoms with Gasteiger partial charge in [0.05, 0.1) is 11.1 Å². The molecule has 80 valence electrons. The van der Waals surface area contributed by atoms with Crippen LogP contribution in [0.3, 0.4) is 0 Å². The first-order chi connectivity index (χ1) is 7.13. The summed E-state index contributed by atoms with van der Waals surface area (Å²) in [5.74, 6) is 0. The van der Waals surface area contributed by atoms with E-state index in [-0.39, 0.29) is 5.69 Å². The van der Waals surface area contributed by atoms with Crippen LogP contribution in [0.4, 0.5) is 8.78 Å². The molecule has 0 aliphatic heterocycles. The molecule has 15 heavy (non-hydrogen) atoms. The summed E-state index contributed by atoms with van der Waals surface area (Å²) in [6.45, 7) is 1.67. The first kappa shape index (κ1) is 10.7. The highest BCUT2D eigenvalue weighted by Crippen LogP contribution is 2.28. The number of hydrogen-bond donors (Lipinski definition) is 1. The standard InChI is InChI=1S/C8H7F2N3S2/c1-4-2-5(7(9)10)13-8(12-4)6(15-14)3-11-13/h2-3,7,14H,1H3. The van der Waals surface area contributed by atoms with Crippen molar-refractivity contribution in [3.63, 3.8) is 0 Å². The predicted molar refractivity (Wildman–Crippen MR) is 57.5 cm³/mol. The van der Waals surface area contributed by atoms with Gasteiger partial charge in [-0.25, -0.2) is 18.3 Å². The molecule has 3 nitrogen and oxygen atoms in total. The molecule has 0 aliphatic rings. The zero-order valence-corrected chi connectivity index (χ0v) is 9.40. The lowest BCUT2D eigenvalue weighted by Crippen LogP contribution is -2.02. The largest absolute Gasteiger partial charge is 0.280 e. The molecule has 0 N–H and O–H groups in total. The molecule has 0 atom stereocenters. The Morgan fingerprint density at radius 3 is 2.87 bits per heavy atom. The quantitative estimate of drug-likeness (QED) is 0.653. The Kier molecular flexibility index (Phi) is 2.83. The van der Waals surface area contributed by atoms with Crippen molar-refractivity contribution >= 4 is 28.1 Å². The average molecular weight is 247 g/mol. The summed E-state index contributed by atoms with van der Waals surface area (Å²) < 4.78 is 26.5. The summed E-state index contributed by atoms with van der Waals surface area (Å²) in [4.78, 5) is 4.82. The summed E-state index contributed by atoms with van der Waals surface area (Å²) in [7, 11) is 1.14. The molecule has 0 radical (unpaired) electrons. The van der Waals surface area contributed by atoms with Gasteiger partial charge in [-0.3, -0.25) is 0 Å². The number of halogens is 2. The van der Waals surface area contributed by atoms with Crippen molar-refractivity contribution in [2.75, 3.05) is 0 Å². The Hall–Kier alpha value is -0.820. The number of rotatable bonds is 2. The fraction of sp³-hybridized carbons (Fsp3) is 0.250. The van der Waals surface area contributed by atoms with E-state index in [0.29, 0.717) is 16.2 Å². The lowest BCUT2D eigenvalue weighted by Gasteiger charge is -2.04. The van der Waals surface area contributed by atoms with Gasteiger partial charge in [-0.05, 0) is 13.0 Å². The number of aryl methyl sites for hydroxylation is 1. The third-order valence-electron chi connectivity index (χ3n) is 1.92. The highest BCUT2D eigenvalue weighted by Gasteiger charge is 2.16. The fourth-order valence-electron chi connectivity index (χ4n) is 1.31. The number of thiol groups is 1. The molecule has 2 aromatic rings. The maximum Gasteiger partial charge on any atom is 0.280 e. The van der Waals surface area contributed by atoms with Gasteiger partial charge in [-0.15, -0.1) is 11.7 Å². The van der Waals surface area contributed by atoms with Crippen molar-refractivity contribution in [2.24, 2.45) is 0 Å². The minimum atomic E-state index is -2.56. The normalized spacial score (nSPS) is 11.5. The number of aromatic nitrogens is 3. The lowest BCUT2D eigenvalue weighted by atomic mass is 10.3. The van der Waals surface area contributed by atoms with Crippen LogP contribution in [0.25, 0.3) is 5.65 Å². The van der Waals surface area contributed by atoms with E-state index in [1.165, 1.54) is 12.3 Å². The summed E-state index contributed by atoms with van der Waals surface area (Å²) in [5, 5.41) is 3.86. The zero-order valence-electron chi connectivity index (χ0n) is 7.69. The van der Waals surface area contributed by atoms with E-state index >= 15 is 0 Å². The third-order valence-corrected chi connectivity index (χ3v) is 2.99. The SMILES string of the molecule is Cc1cc(C(F)F)n2ncc(SS)c2n1. The van der Waals surface area contributed by atoms with E-state index < -0.39 is 6.43 Å². The van der Waals surface area contributed by atoms with Crippen LogP contribution in [0.1, 0.15) is 17.8 Å². The number of hydrogen-bond acceptors (Lipinski definition) is 4. The minimum absolute atomic E-state index is 0.147. The van der Waals surface area contributed by atoms with Crippen LogP contribution < -0.4 is 0 Å². The van der Waals surface area contributed by atoms with Crippen molar-refractivity contribution in [1.82, 2.24) is 14.6 Å². The molecule has 0 aliphatic carbocycles. The first-order valence-electron chi connectivity index (χ1n) is 4.08. The molecule has 0 unspecified atom stereocenters. The van der Waals surface area contributed by atoms with Gasteiger partial charge in [0, 0.05) is 5.69 Å². The van der Waals surface area contributed by atoms with Crippen molar-refractivity contribution in [3.05, 3.63) is 23.7 Å². The smallest absolute Gasteiger partial charge is 0.233 e. The summed E-state index contributed by atoms with van der Waals surface area (Å²) in [5.41, 5.74) is 0.818. The topological polar surface area (TPSA) is 30.2 Å². The molecule has 0 aromatic carbocycles. The minimum Gasteiger partial charge on any atom is -0.233 e. The zero-order chi connectivity index (χ0) is 11.0. The molecule has 0 bridgehead atoms. The Labute approximate surface area is 93.7 Å². The fourth-order valence-corrected chi connectivity index (χ4v) is 2.01. The van der Waals surface area contributed by atoms with Crippen LogP contribution in [0, 0.1) is 6.92 Å². The number of nitrogens with zero attached hydrogens (tertiary/aromatic N) is 3. The van der Waals surface area contributed by atoms with Gasteiger partial charge in [0.25, 0.3) is 6.43 Å². The van der Waals surface area contributed by atoms with Crippen LogP contribution in [-0.2, 0) is 0 Å². The van der Waals surface area contributed by atoms with Crippen molar-refractivity contribution in [2.45, 2.75) is 18.2 Å². The van der Waals surface area contributed by atoms with Crippen LogP contribution in [0.2, 0.25) is 0 Å². The Morgan fingerprint density at radius 2 is 2.27 bits per heavy atom. The summed E-state index contributed by atoms with van der Waals surface area (Å²) >= 11 is 4.01. The molecule has 7 heteroatoms. The molecule has 0 fully saturated rings. The Bertz CT molecular complexity index is 498. The molecule has 0 spiro atoms. The lowest BCUT2D eigenvalue weighted by molar-refractivity contribution is 0.143. The van der Waals surface area contributed by atoms with Gasteiger partial charge < -0.3 is 0 Å². The molecular formula is C8H7F2N3S2. The van der Waals surface area contributed by atoms with Crippen molar-refractivity contribution in [1.29, 1.82) is 0 Å². The van der Waals surface area contributed by atoms with Crippen molar-refractivity contribution < 1.29 is 8.78 Å². The first-order valence-corrected chi connectivity index (χ1v) is 5.95. The third kappa shape index (κ3) is 1.81. The molecule has 0 amide bonds. The van der Waals surface area contributed by atoms with E-state index in [1.54, 1.807) is 6.92 Å². The van der Waals surface area contributed by atoms with Gasteiger partial charge in [0.2, 0.25) is 0 Å². The molecule has 2 aromatic heterocycles. The predicted octanol–water partition coefficient (Wildman–Crippen LogP) is 2.91. The number of fused-ring (bicyclic) bond motifs is 1. The van der Waals surface area contributed by atoms with E-state index in [4.69, 9.17) is 0 Å². The molecule has 2 heterocycles. The summed E-state index contributed by atoms with van der Waals surface area (Å²) in [6, 6.07) is 1.33. The number of alkyl halides is 2. The van der Waals surface area contributed by atoms with Crippen LogP contribution in [-0.4, -0.2) is 14.6 Å². The second kappa shape index (κ2) is 3.97. The Balaban J connectivity index is 2.76. The van der Waals surface area contributed by atoms with Gasteiger partial charge in [0.1, 0.15) is 5.69 Å². The maximum absolute atomic E-state index is 12.7. The highest BCUT2D eigenvalue weighted by atomic mass is 33.1. The van der Waals surface area contributed by atoms with Crippen LogP contribution in [0.15, 0.2) is 17.2 Å². The van der Waals surface area contributed by atoms with Crippen LogP contribution in [0.5, 0.6) is 0 Å². The maximum atomic E-state index is 12.7. The average Bonchev–Trinajstić information content (AvgIpc) is 2.58. The molecule has 0 saturated carbocycles. The molecule has 0 saturated heterocycles. The van der Waals surface area contributed by atoms with Crippen molar-refractivity contribution in [3.8, 4) is 0 Å². The van der Waals surface area contributed by atoms with E-state index in [2.05, 4.69) is 21.7 Å². The van der Waals surface area contributed by atoms with Gasteiger partial charge in [-0.1, -0.05) is 10.8 Å². The highest BCUT2D eigenvalue weighted by molar-refractivity contribution is 8.68. The molecular weight excluding hydrogens is 240 g/mol. The monoisotopic (exact) mass is 247 g/mol. The van der Waals surface area contributed by atoms with E-state index in [1.807, 2.05) is 0 Å². The molecule has 2 rings (SSSR count). The second-order valence-electron chi connectivity index (χ2n) is 2.96.